The van der Waals surface area contributed by atoms with Gasteiger partial charge in [0.25, 0.3) is 0 Å². The SMILES string of the molecule is COc1ccc(S(=O)(=O)N2CCn3ccnc3C2)cc1OC. The molecule has 0 bridgehead atoms. The molecule has 2 heterocycles. The molecule has 8 heteroatoms. The van der Waals surface area contributed by atoms with Crippen molar-refractivity contribution in [2.75, 3.05) is 20.8 Å². The van der Waals surface area contributed by atoms with Gasteiger partial charge in [0.1, 0.15) is 5.82 Å². The van der Waals surface area contributed by atoms with Crippen LogP contribution in [0.4, 0.5) is 0 Å². The minimum absolute atomic E-state index is 0.185. The third-order valence-electron chi connectivity index (χ3n) is 3.70. The van der Waals surface area contributed by atoms with Crippen molar-refractivity contribution in [3.05, 3.63) is 36.4 Å². The van der Waals surface area contributed by atoms with Gasteiger partial charge >= 0.3 is 0 Å². The Bertz CT molecular complexity index is 785. The molecule has 0 fully saturated rings. The van der Waals surface area contributed by atoms with E-state index in [0.717, 1.165) is 5.82 Å². The first-order chi connectivity index (χ1) is 10.6. The lowest BCUT2D eigenvalue weighted by Gasteiger charge is -2.27. The summed E-state index contributed by atoms with van der Waals surface area (Å²) in [4.78, 5) is 4.37. The molecule has 0 aliphatic carbocycles. The molecule has 1 aromatic heterocycles. The number of imidazole rings is 1. The van der Waals surface area contributed by atoms with Crippen LogP contribution in [0.5, 0.6) is 11.5 Å². The third-order valence-corrected chi connectivity index (χ3v) is 5.54. The molecule has 0 amide bonds. The number of benzene rings is 1. The number of ether oxygens (including phenoxy) is 2. The molecule has 1 aliphatic heterocycles. The van der Waals surface area contributed by atoms with Gasteiger partial charge in [0, 0.05) is 31.5 Å². The lowest BCUT2D eigenvalue weighted by Crippen LogP contribution is -2.38. The number of fused-ring (bicyclic) bond motifs is 1. The predicted molar refractivity (Wildman–Crippen MR) is 79.4 cm³/mol. The molecule has 0 saturated carbocycles. The molecule has 0 atom stereocenters. The van der Waals surface area contributed by atoms with E-state index in [1.165, 1.54) is 30.7 Å². The Morgan fingerprint density at radius 2 is 1.91 bits per heavy atom. The summed E-state index contributed by atoms with van der Waals surface area (Å²) < 4.78 is 39.3. The van der Waals surface area contributed by atoms with Gasteiger partial charge in [-0.1, -0.05) is 0 Å². The molecular formula is C14H17N3O4S. The maximum Gasteiger partial charge on any atom is 0.243 e. The van der Waals surface area contributed by atoms with E-state index in [1.807, 2.05) is 10.8 Å². The van der Waals surface area contributed by atoms with Crippen molar-refractivity contribution in [3.8, 4) is 11.5 Å². The van der Waals surface area contributed by atoms with Crippen molar-refractivity contribution < 1.29 is 17.9 Å². The lowest BCUT2D eigenvalue weighted by molar-refractivity contribution is 0.334. The molecule has 0 N–H and O–H groups in total. The highest BCUT2D eigenvalue weighted by atomic mass is 32.2. The van der Waals surface area contributed by atoms with Crippen LogP contribution in [0.15, 0.2) is 35.5 Å². The van der Waals surface area contributed by atoms with Crippen molar-refractivity contribution in [1.29, 1.82) is 0 Å². The van der Waals surface area contributed by atoms with Gasteiger partial charge in [-0.05, 0) is 12.1 Å². The van der Waals surface area contributed by atoms with Crippen LogP contribution >= 0.6 is 0 Å². The number of hydrogen-bond donors (Lipinski definition) is 0. The zero-order valence-corrected chi connectivity index (χ0v) is 13.2. The average molecular weight is 323 g/mol. The molecule has 1 aromatic carbocycles. The first kappa shape index (κ1) is 14.9. The van der Waals surface area contributed by atoms with Gasteiger partial charge in [0.05, 0.1) is 25.7 Å². The highest BCUT2D eigenvalue weighted by Crippen LogP contribution is 2.31. The molecule has 0 saturated heterocycles. The van der Waals surface area contributed by atoms with E-state index in [-0.39, 0.29) is 11.4 Å². The molecule has 118 valence electrons. The van der Waals surface area contributed by atoms with Crippen LogP contribution in [0.1, 0.15) is 5.82 Å². The summed E-state index contributed by atoms with van der Waals surface area (Å²) in [5.74, 6) is 1.63. The van der Waals surface area contributed by atoms with Crippen LogP contribution in [-0.2, 0) is 23.1 Å². The van der Waals surface area contributed by atoms with Gasteiger partial charge in [-0.2, -0.15) is 4.31 Å². The van der Waals surface area contributed by atoms with Crippen molar-refractivity contribution in [1.82, 2.24) is 13.9 Å². The summed E-state index contributed by atoms with van der Waals surface area (Å²) in [7, 11) is -0.607. The van der Waals surface area contributed by atoms with E-state index in [2.05, 4.69) is 4.98 Å². The predicted octanol–water partition coefficient (Wildman–Crippen LogP) is 1.10. The zero-order valence-electron chi connectivity index (χ0n) is 12.4. The molecule has 0 radical (unpaired) electrons. The maximum absolute atomic E-state index is 12.8. The summed E-state index contributed by atoms with van der Waals surface area (Å²) in [6.45, 7) is 1.28. The molecular weight excluding hydrogens is 306 g/mol. The van der Waals surface area contributed by atoms with Crippen LogP contribution in [0.25, 0.3) is 0 Å². The smallest absolute Gasteiger partial charge is 0.243 e. The fraction of sp³-hybridized carbons (Fsp3) is 0.357. The second kappa shape index (κ2) is 5.62. The van der Waals surface area contributed by atoms with Crippen molar-refractivity contribution in [3.63, 3.8) is 0 Å². The number of sulfonamides is 1. The first-order valence-corrected chi connectivity index (χ1v) is 8.22. The van der Waals surface area contributed by atoms with Gasteiger partial charge in [-0.25, -0.2) is 13.4 Å². The summed E-state index contributed by atoms with van der Waals surface area (Å²) in [6, 6.07) is 4.60. The molecule has 0 spiro atoms. The van der Waals surface area contributed by atoms with Crippen LogP contribution in [0.3, 0.4) is 0 Å². The summed E-state index contributed by atoms with van der Waals surface area (Å²) >= 11 is 0. The Balaban J connectivity index is 1.94. The van der Waals surface area contributed by atoms with Gasteiger partial charge in [-0.15, -0.1) is 0 Å². The fourth-order valence-electron chi connectivity index (χ4n) is 2.48. The van der Waals surface area contributed by atoms with Crippen LogP contribution in [0.2, 0.25) is 0 Å². The van der Waals surface area contributed by atoms with E-state index < -0.39 is 10.0 Å². The third kappa shape index (κ3) is 2.44. The fourth-order valence-corrected chi connectivity index (χ4v) is 3.88. The van der Waals surface area contributed by atoms with Crippen LogP contribution < -0.4 is 9.47 Å². The summed E-state index contributed by atoms with van der Waals surface area (Å²) in [6.07, 6.45) is 3.54. The number of aromatic nitrogens is 2. The monoisotopic (exact) mass is 323 g/mol. The van der Waals surface area contributed by atoms with Gasteiger partial charge in [0.15, 0.2) is 11.5 Å². The summed E-state index contributed by atoms with van der Waals surface area (Å²) in [5, 5.41) is 0. The molecule has 22 heavy (non-hydrogen) atoms. The Hall–Kier alpha value is -2.06. The highest BCUT2D eigenvalue weighted by molar-refractivity contribution is 7.89. The standard InChI is InChI=1S/C14H17N3O4S/c1-20-12-4-3-11(9-13(12)21-2)22(18,19)17-8-7-16-6-5-15-14(16)10-17/h3-6,9H,7-8,10H2,1-2H3. The van der Waals surface area contributed by atoms with Gasteiger partial charge in [0.2, 0.25) is 10.0 Å². The van der Waals surface area contributed by atoms with Gasteiger partial charge in [-0.3, -0.25) is 0 Å². The van der Waals surface area contributed by atoms with E-state index in [9.17, 15) is 8.42 Å². The molecule has 3 rings (SSSR count). The molecule has 0 unspecified atom stereocenters. The van der Waals surface area contributed by atoms with E-state index in [4.69, 9.17) is 9.47 Å². The van der Waals surface area contributed by atoms with Gasteiger partial charge < -0.3 is 14.0 Å². The van der Waals surface area contributed by atoms with E-state index in [1.54, 1.807) is 12.3 Å². The summed E-state index contributed by atoms with van der Waals surface area (Å²) in [5.41, 5.74) is 0. The van der Waals surface area contributed by atoms with Crippen molar-refractivity contribution in [2.24, 2.45) is 0 Å². The number of hydrogen-bond acceptors (Lipinski definition) is 5. The Morgan fingerprint density at radius 3 is 2.64 bits per heavy atom. The van der Waals surface area contributed by atoms with Crippen LogP contribution in [0, 0.1) is 0 Å². The number of nitrogens with zero attached hydrogens (tertiary/aromatic N) is 3. The first-order valence-electron chi connectivity index (χ1n) is 6.78. The molecule has 2 aromatic rings. The molecule has 1 aliphatic rings. The zero-order chi connectivity index (χ0) is 15.7. The van der Waals surface area contributed by atoms with Crippen molar-refractivity contribution >= 4 is 10.0 Å². The van der Waals surface area contributed by atoms with E-state index in [0.29, 0.717) is 24.6 Å². The minimum Gasteiger partial charge on any atom is -0.493 e. The quantitative estimate of drug-likeness (QED) is 0.842. The minimum atomic E-state index is -3.60. The maximum atomic E-state index is 12.8. The second-order valence-corrected chi connectivity index (χ2v) is 6.83. The van der Waals surface area contributed by atoms with E-state index >= 15 is 0 Å². The van der Waals surface area contributed by atoms with Crippen LogP contribution in [-0.4, -0.2) is 43.0 Å². The second-order valence-electron chi connectivity index (χ2n) is 4.89. The number of rotatable bonds is 4. The normalized spacial score (nSPS) is 15.4. The Kier molecular flexibility index (Phi) is 3.79. The topological polar surface area (TPSA) is 73.7 Å². The highest BCUT2D eigenvalue weighted by Gasteiger charge is 2.29. The number of methoxy groups -OCH3 is 2. The Labute approximate surface area is 129 Å². The lowest BCUT2D eigenvalue weighted by atomic mass is 10.3. The van der Waals surface area contributed by atoms with Crippen molar-refractivity contribution in [2.45, 2.75) is 18.0 Å². The molecule has 7 nitrogen and oxygen atoms in total. The Morgan fingerprint density at radius 1 is 1.14 bits per heavy atom. The average Bonchev–Trinajstić information content (AvgIpc) is 3.01. The largest absolute Gasteiger partial charge is 0.493 e.